The molecule has 0 fully saturated rings. The normalized spacial score (nSPS) is 11.8. The summed E-state index contributed by atoms with van der Waals surface area (Å²) in [5, 5.41) is 9.64. The van der Waals surface area contributed by atoms with Crippen LogP contribution in [0.2, 0.25) is 0 Å². The number of esters is 2. The number of benzene rings is 3. The van der Waals surface area contributed by atoms with Crippen molar-refractivity contribution in [1.82, 2.24) is 0 Å². The average molecular weight is 696 g/mol. The van der Waals surface area contributed by atoms with Crippen LogP contribution in [0.5, 0.6) is 17.2 Å². The van der Waals surface area contributed by atoms with Crippen LogP contribution in [0.3, 0.4) is 0 Å². The Balaban J connectivity index is 1.40. The van der Waals surface area contributed by atoms with Crippen LogP contribution >= 0.6 is 0 Å². The molecule has 3 rings (SSSR count). The summed E-state index contributed by atoms with van der Waals surface area (Å²) in [5.74, 6) is 0.383. The molecule has 0 aromatic heterocycles. The first-order valence-electron chi connectivity index (χ1n) is 19.0. The van der Waals surface area contributed by atoms with Crippen molar-refractivity contribution >= 4 is 18.0 Å². The summed E-state index contributed by atoms with van der Waals surface area (Å²) in [7, 11) is 0. The Kier molecular flexibility index (Phi) is 19.9. The lowest BCUT2D eigenvalue weighted by molar-refractivity contribution is -0.146. The third kappa shape index (κ3) is 16.4. The largest absolute Gasteiger partial charge is 0.494 e. The van der Waals surface area contributed by atoms with E-state index in [4.69, 9.17) is 18.9 Å². The molecule has 51 heavy (non-hydrogen) atoms. The van der Waals surface area contributed by atoms with Gasteiger partial charge in [-0.15, -0.1) is 0 Å². The molecule has 0 bridgehead atoms. The van der Waals surface area contributed by atoms with E-state index >= 15 is 0 Å². The van der Waals surface area contributed by atoms with Crippen LogP contribution in [-0.2, 0) is 14.3 Å². The minimum atomic E-state index is -0.730. The molecule has 0 spiro atoms. The van der Waals surface area contributed by atoms with Crippen LogP contribution < -0.4 is 14.2 Å². The quantitative estimate of drug-likeness (QED) is 0.0286. The zero-order chi connectivity index (χ0) is 36.5. The highest BCUT2D eigenvalue weighted by Gasteiger charge is 2.16. The maximum atomic E-state index is 12.8. The van der Waals surface area contributed by atoms with Crippen LogP contribution in [0.4, 0.5) is 0 Å². The second-order valence-corrected chi connectivity index (χ2v) is 13.1. The molecule has 0 aliphatic carbocycles. The van der Waals surface area contributed by atoms with Crippen molar-refractivity contribution in [3.05, 3.63) is 83.9 Å². The first-order chi connectivity index (χ1) is 24.9. The minimum absolute atomic E-state index is 0.103. The van der Waals surface area contributed by atoms with Gasteiger partial charge in [0.15, 0.2) is 6.10 Å². The summed E-state index contributed by atoms with van der Waals surface area (Å²) in [4.78, 5) is 25.3. The Labute approximate surface area is 306 Å². The molecule has 274 valence electrons. The van der Waals surface area contributed by atoms with Gasteiger partial charge in [0.05, 0.1) is 6.61 Å². The summed E-state index contributed by atoms with van der Waals surface area (Å²) < 4.78 is 22.6. The van der Waals surface area contributed by atoms with Gasteiger partial charge in [-0.05, 0) is 78.9 Å². The Morgan fingerprint density at radius 2 is 1.06 bits per heavy atom. The van der Waals surface area contributed by atoms with Crippen LogP contribution in [0.1, 0.15) is 123 Å². The lowest BCUT2D eigenvalue weighted by Crippen LogP contribution is -2.26. The van der Waals surface area contributed by atoms with Gasteiger partial charge in [0.25, 0.3) is 0 Å². The van der Waals surface area contributed by atoms with E-state index in [0.29, 0.717) is 30.3 Å². The van der Waals surface area contributed by atoms with Gasteiger partial charge in [-0.2, -0.15) is 5.26 Å². The molecule has 0 saturated heterocycles. The second-order valence-electron chi connectivity index (χ2n) is 13.1. The standard InChI is InChI=1S/C44H57NO6/c1-4-6-8-10-12-14-15-17-31-48-35(3)43(46)50-41-27-21-37(22-28-41)38-23-29-42(30-24-38)51-44(47)39(34-45)33-36-19-25-40(26-20-36)49-32-18-16-13-11-9-7-5-2/h19-30,33,35H,4-18,31-32H2,1-3H3/b39-33+. The van der Waals surface area contributed by atoms with Gasteiger partial charge in [0.2, 0.25) is 0 Å². The summed E-state index contributed by atoms with van der Waals surface area (Å²) in [6, 6.07) is 23.5. The Morgan fingerprint density at radius 3 is 1.57 bits per heavy atom. The van der Waals surface area contributed by atoms with Crippen molar-refractivity contribution in [3.8, 4) is 34.4 Å². The van der Waals surface area contributed by atoms with E-state index in [1.165, 1.54) is 83.1 Å². The number of nitriles is 1. The van der Waals surface area contributed by atoms with Crippen molar-refractivity contribution in [2.75, 3.05) is 13.2 Å². The third-order valence-corrected chi connectivity index (χ3v) is 8.72. The molecule has 7 nitrogen and oxygen atoms in total. The van der Waals surface area contributed by atoms with Gasteiger partial charge in [0, 0.05) is 6.61 Å². The highest BCUT2D eigenvalue weighted by Crippen LogP contribution is 2.26. The highest BCUT2D eigenvalue weighted by molar-refractivity contribution is 5.99. The Hall–Kier alpha value is -4.41. The highest BCUT2D eigenvalue weighted by atomic mass is 16.6. The summed E-state index contributed by atoms with van der Waals surface area (Å²) in [6.45, 7) is 7.39. The van der Waals surface area contributed by atoms with Crippen molar-refractivity contribution in [1.29, 1.82) is 5.26 Å². The van der Waals surface area contributed by atoms with Crippen molar-refractivity contribution < 1.29 is 28.5 Å². The SMILES string of the molecule is CCCCCCCCCCOC(C)C(=O)Oc1ccc(-c2ccc(OC(=O)/C(C#N)=C/c3ccc(OCCCCCCCCC)cc3)cc2)cc1. The van der Waals surface area contributed by atoms with E-state index < -0.39 is 18.0 Å². The van der Waals surface area contributed by atoms with Gasteiger partial charge >= 0.3 is 11.9 Å². The number of carbonyl (C=O) groups excluding carboxylic acids is 2. The molecule has 7 heteroatoms. The van der Waals surface area contributed by atoms with Crippen molar-refractivity contribution in [2.45, 2.75) is 123 Å². The topological polar surface area (TPSA) is 94.9 Å². The average Bonchev–Trinajstić information content (AvgIpc) is 3.15. The summed E-state index contributed by atoms with van der Waals surface area (Å²) in [6.07, 6.45) is 19.2. The fourth-order valence-electron chi connectivity index (χ4n) is 5.57. The molecule has 0 amide bonds. The maximum absolute atomic E-state index is 12.8. The van der Waals surface area contributed by atoms with Crippen molar-refractivity contribution in [3.63, 3.8) is 0 Å². The van der Waals surface area contributed by atoms with E-state index in [1.807, 2.05) is 54.6 Å². The number of nitrogens with zero attached hydrogens (tertiary/aromatic N) is 1. The molecule has 0 aliphatic heterocycles. The van der Waals surface area contributed by atoms with E-state index in [2.05, 4.69) is 13.8 Å². The first-order valence-corrected chi connectivity index (χ1v) is 19.0. The van der Waals surface area contributed by atoms with Crippen LogP contribution in [0, 0.1) is 11.3 Å². The second kappa shape index (κ2) is 24.7. The molecule has 1 unspecified atom stereocenters. The molecular formula is C44H57NO6. The Morgan fingerprint density at radius 1 is 0.608 bits per heavy atom. The van der Waals surface area contributed by atoms with Crippen LogP contribution in [0.25, 0.3) is 17.2 Å². The van der Waals surface area contributed by atoms with Crippen molar-refractivity contribution in [2.24, 2.45) is 0 Å². The summed E-state index contributed by atoms with van der Waals surface area (Å²) >= 11 is 0. The predicted octanol–water partition coefficient (Wildman–Crippen LogP) is 11.4. The number of unbranched alkanes of at least 4 members (excludes halogenated alkanes) is 13. The van der Waals surface area contributed by atoms with E-state index in [0.717, 1.165) is 36.1 Å². The van der Waals surface area contributed by atoms with Gasteiger partial charge in [0.1, 0.15) is 28.9 Å². The number of hydrogen-bond donors (Lipinski definition) is 0. The zero-order valence-corrected chi connectivity index (χ0v) is 31.0. The number of hydrogen-bond acceptors (Lipinski definition) is 7. The van der Waals surface area contributed by atoms with Gasteiger partial charge in [-0.1, -0.05) is 134 Å². The fourth-order valence-corrected chi connectivity index (χ4v) is 5.57. The third-order valence-electron chi connectivity index (χ3n) is 8.72. The van der Waals surface area contributed by atoms with E-state index in [-0.39, 0.29) is 5.57 Å². The summed E-state index contributed by atoms with van der Waals surface area (Å²) in [5.41, 5.74) is 2.39. The molecule has 0 saturated carbocycles. The fraction of sp³-hybridized carbons (Fsp3) is 0.477. The van der Waals surface area contributed by atoms with Crippen LogP contribution in [-0.4, -0.2) is 31.3 Å². The number of carbonyl (C=O) groups is 2. The predicted molar refractivity (Wildman–Crippen MR) is 205 cm³/mol. The lowest BCUT2D eigenvalue weighted by Gasteiger charge is -2.13. The first kappa shape index (κ1) is 41.0. The van der Waals surface area contributed by atoms with Gasteiger partial charge in [-0.25, -0.2) is 9.59 Å². The number of rotatable bonds is 25. The molecule has 1 atom stereocenters. The molecule has 3 aromatic rings. The molecule has 3 aromatic carbocycles. The van der Waals surface area contributed by atoms with Gasteiger partial charge < -0.3 is 18.9 Å². The van der Waals surface area contributed by atoms with E-state index in [9.17, 15) is 14.9 Å². The molecular weight excluding hydrogens is 638 g/mol. The molecule has 0 radical (unpaired) electrons. The van der Waals surface area contributed by atoms with E-state index in [1.54, 1.807) is 31.2 Å². The Bertz CT molecular complexity index is 1490. The van der Waals surface area contributed by atoms with Crippen LogP contribution in [0.15, 0.2) is 78.4 Å². The number of ether oxygens (including phenoxy) is 4. The molecule has 0 heterocycles. The monoisotopic (exact) mass is 695 g/mol. The minimum Gasteiger partial charge on any atom is -0.494 e. The van der Waals surface area contributed by atoms with Gasteiger partial charge in [-0.3, -0.25) is 0 Å². The molecule has 0 aliphatic rings. The zero-order valence-electron chi connectivity index (χ0n) is 31.0. The molecule has 0 N–H and O–H groups in total. The lowest BCUT2D eigenvalue weighted by atomic mass is 10.1. The smallest absolute Gasteiger partial charge is 0.354 e. The maximum Gasteiger partial charge on any atom is 0.354 e.